The van der Waals surface area contributed by atoms with Crippen molar-refractivity contribution in [3.8, 4) is 0 Å². The molecule has 2 atom stereocenters. The summed E-state index contributed by atoms with van der Waals surface area (Å²) in [6, 6.07) is 0. The van der Waals surface area contributed by atoms with Crippen LogP contribution in [0.2, 0.25) is 0 Å². The molecule has 0 bridgehead atoms. The highest BCUT2D eigenvalue weighted by Gasteiger charge is 2.67. The van der Waals surface area contributed by atoms with Crippen LogP contribution < -0.4 is 0 Å². The molecule has 0 amide bonds. The van der Waals surface area contributed by atoms with Gasteiger partial charge in [-0.25, -0.2) is 8.78 Å². The lowest BCUT2D eigenvalue weighted by atomic mass is 10.0. The molecule has 2 heteroatoms. The van der Waals surface area contributed by atoms with Gasteiger partial charge in [-0.15, -0.1) is 0 Å². The van der Waals surface area contributed by atoms with Crippen LogP contribution in [0, 0.1) is 23.7 Å². The first kappa shape index (κ1) is 11.9. The lowest BCUT2D eigenvalue weighted by Gasteiger charge is -2.03. The molecule has 84 valence electrons. The van der Waals surface area contributed by atoms with Crippen LogP contribution in [0.4, 0.5) is 8.78 Å². The fraction of sp³-hybridized carbons (Fsp3) is 1.00. The van der Waals surface area contributed by atoms with E-state index in [0.29, 0.717) is 12.3 Å². The van der Waals surface area contributed by atoms with Crippen molar-refractivity contribution in [3.63, 3.8) is 0 Å². The largest absolute Gasteiger partial charge is 0.254 e. The topological polar surface area (TPSA) is 0 Å². The van der Waals surface area contributed by atoms with E-state index in [-0.39, 0.29) is 17.8 Å². The molecule has 0 aromatic rings. The molecule has 1 saturated carbocycles. The molecule has 0 radical (unpaired) electrons. The van der Waals surface area contributed by atoms with E-state index in [2.05, 4.69) is 13.8 Å². The van der Waals surface area contributed by atoms with Crippen LogP contribution in [0.5, 0.6) is 0 Å². The Bertz CT molecular complexity index is 185. The summed E-state index contributed by atoms with van der Waals surface area (Å²) in [5.41, 5.74) is 0. The zero-order chi connectivity index (χ0) is 10.9. The van der Waals surface area contributed by atoms with Crippen molar-refractivity contribution < 1.29 is 8.78 Å². The molecule has 0 heterocycles. The van der Waals surface area contributed by atoms with Crippen molar-refractivity contribution in [2.75, 3.05) is 0 Å². The number of hydrogen-bond donors (Lipinski definition) is 0. The Morgan fingerprint density at radius 1 is 1.14 bits per heavy atom. The summed E-state index contributed by atoms with van der Waals surface area (Å²) in [4.78, 5) is 0. The highest BCUT2D eigenvalue weighted by Crippen LogP contribution is 2.60. The van der Waals surface area contributed by atoms with Crippen LogP contribution in [0.25, 0.3) is 0 Å². The second-order valence-electron chi connectivity index (χ2n) is 5.38. The predicted molar refractivity (Wildman–Crippen MR) is 55.5 cm³/mol. The van der Waals surface area contributed by atoms with Gasteiger partial charge in [-0.2, -0.15) is 0 Å². The average molecular weight is 204 g/mol. The van der Waals surface area contributed by atoms with Crippen LogP contribution in [0.1, 0.15) is 47.0 Å². The zero-order valence-electron chi connectivity index (χ0n) is 9.69. The van der Waals surface area contributed by atoms with E-state index in [1.165, 1.54) is 0 Å². The first-order chi connectivity index (χ1) is 6.37. The third-order valence-corrected chi connectivity index (χ3v) is 3.28. The van der Waals surface area contributed by atoms with E-state index in [0.717, 1.165) is 12.8 Å². The molecule has 0 saturated heterocycles. The Morgan fingerprint density at radius 2 is 1.71 bits per heavy atom. The van der Waals surface area contributed by atoms with Gasteiger partial charge in [0.1, 0.15) is 0 Å². The Kier molecular flexibility index (Phi) is 3.54. The van der Waals surface area contributed by atoms with Crippen molar-refractivity contribution in [2.24, 2.45) is 23.7 Å². The van der Waals surface area contributed by atoms with Crippen molar-refractivity contribution in [1.82, 2.24) is 0 Å². The molecule has 2 unspecified atom stereocenters. The van der Waals surface area contributed by atoms with Gasteiger partial charge < -0.3 is 0 Å². The number of halogens is 2. The summed E-state index contributed by atoms with van der Waals surface area (Å²) in [5.74, 6) is -2.24. The lowest BCUT2D eigenvalue weighted by Crippen LogP contribution is -1.99. The minimum atomic E-state index is -2.36. The maximum absolute atomic E-state index is 13.2. The Balaban J connectivity index is 2.27. The van der Waals surface area contributed by atoms with Gasteiger partial charge in [-0.1, -0.05) is 40.5 Å². The SMILES string of the molecule is CC(C)CCCC1C(C(C)C)C1(F)F. The highest BCUT2D eigenvalue weighted by molar-refractivity contribution is 5.06. The molecular formula is C12H22F2. The van der Waals surface area contributed by atoms with Gasteiger partial charge in [0.2, 0.25) is 0 Å². The fourth-order valence-corrected chi connectivity index (χ4v) is 2.44. The second-order valence-corrected chi connectivity index (χ2v) is 5.38. The third kappa shape index (κ3) is 2.46. The zero-order valence-corrected chi connectivity index (χ0v) is 9.69. The maximum Gasteiger partial charge on any atom is 0.254 e. The van der Waals surface area contributed by atoms with Crippen LogP contribution in [-0.4, -0.2) is 5.92 Å². The fourth-order valence-electron chi connectivity index (χ4n) is 2.44. The summed E-state index contributed by atoms with van der Waals surface area (Å²) in [7, 11) is 0. The maximum atomic E-state index is 13.2. The van der Waals surface area contributed by atoms with Gasteiger partial charge in [0.05, 0.1) is 0 Å². The molecule has 0 N–H and O–H groups in total. The summed E-state index contributed by atoms with van der Waals surface area (Å²) in [5, 5.41) is 0. The van der Waals surface area contributed by atoms with E-state index >= 15 is 0 Å². The molecule has 0 spiro atoms. The van der Waals surface area contributed by atoms with Gasteiger partial charge in [0.15, 0.2) is 0 Å². The van der Waals surface area contributed by atoms with E-state index < -0.39 is 5.92 Å². The van der Waals surface area contributed by atoms with Crippen molar-refractivity contribution >= 4 is 0 Å². The Morgan fingerprint density at radius 3 is 2.07 bits per heavy atom. The molecule has 0 aliphatic heterocycles. The standard InChI is InChI=1S/C12H22F2/c1-8(2)6-5-7-10-11(9(3)4)12(10,13)14/h8-11H,5-7H2,1-4H3. The normalized spacial score (nSPS) is 30.0. The number of alkyl halides is 2. The summed E-state index contributed by atoms with van der Waals surface area (Å²) in [6.07, 6.45) is 2.76. The van der Waals surface area contributed by atoms with E-state index in [1.54, 1.807) is 0 Å². The molecule has 1 rings (SSSR count). The van der Waals surface area contributed by atoms with Crippen LogP contribution in [0.3, 0.4) is 0 Å². The van der Waals surface area contributed by atoms with E-state index in [4.69, 9.17) is 0 Å². The number of hydrogen-bond acceptors (Lipinski definition) is 0. The van der Waals surface area contributed by atoms with E-state index in [1.807, 2.05) is 13.8 Å². The smallest absolute Gasteiger partial charge is 0.206 e. The van der Waals surface area contributed by atoms with Crippen LogP contribution in [0.15, 0.2) is 0 Å². The van der Waals surface area contributed by atoms with Crippen LogP contribution in [-0.2, 0) is 0 Å². The van der Waals surface area contributed by atoms with Crippen molar-refractivity contribution in [1.29, 1.82) is 0 Å². The Hall–Kier alpha value is -0.140. The number of rotatable bonds is 5. The highest BCUT2D eigenvalue weighted by atomic mass is 19.3. The molecular weight excluding hydrogens is 182 g/mol. The minimum Gasteiger partial charge on any atom is -0.206 e. The lowest BCUT2D eigenvalue weighted by molar-refractivity contribution is 0.0751. The van der Waals surface area contributed by atoms with Crippen molar-refractivity contribution in [3.05, 3.63) is 0 Å². The monoisotopic (exact) mass is 204 g/mol. The quantitative estimate of drug-likeness (QED) is 0.624. The second kappa shape index (κ2) is 4.16. The molecule has 1 fully saturated rings. The molecule has 14 heavy (non-hydrogen) atoms. The molecule has 1 aliphatic carbocycles. The van der Waals surface area contributed by atoms with Gasteiger partial charge in [-0.05, 0) is 18.3 Å². The van der Waals surface area contributed by atoms with Gasteiger partial charge in [-0.3, -0.25) is 0 Å². The minimum absolute atomic E-state index is 0.133. The summed E-state index contributed by atoms with van der Waals surface area (Å²) in [6.45, 7) is 8.10. The first-order valence-electron chi connectivity index (χ1n) is 5.75. The first-order valence-corrected chi connectivity index (χ1v) is 5.75. The third-order valence-electron chi connectivity index (χ3n) is 3.28. The van der Waals surface area contributed by atoms with Gasteiger partial charge >= 0.3 is 0 Å². The molecule has 0 nitrogen and oxygen atoms in total. The Labute approximate surface area is 86.1 Å². The predicted octanol–water partition coefficient (Wildman–Crippen LogP) is 4.35. The molecule has 1 aliphatic rings. The summed E-state index contributed by atoms with van der Waals surface area (Å²) < 4.78 is 26.5. The molecule has 0 aromatic carbocycles. The van der Waals surface area contributed by atoms with Crippen molar-refractivity contribution in [2.45, 2.75) is 52.9 Å². The average Bonchev–Trinajstić information content (AvgIpc) is 2.52. The van der Waals surface area contributed by atoms with E-state index in [9.17, 15) is 8.78 Å². The molecule has 0 aromatic heterocycles. The van der Waals surface area contributed by atoms with Gasteiger partial charge in [0, 0.05) is 11.8 Å². The van der Waals surface area contributed by atoms with Crippen LogP contribution >= 0.6 is 0 Å². The summed E-state index contributed by atoms with van der Waals surface area (Å²) >= 11 is 0. The van der Waals surface area contributed by atoms with Gasteiger partial charge in [0.25, 0.3) is 5.92 Å².